The molecule has 0 fully saturated rings. The molecule has 2 unspecified atom stereocenters. The molecule has 0 amide bonds. The maximum absolute atomic E-state index is 2.64. The number of nitrogens with zero attached hydrogens (tertiary/aromatic N) is 2. The molecule has 2 nitrogen and oxygen atoms in total. The summed E-state index contributed by atoms with van der Waals surface area (Å²) in [6.07, 6.45) is 15.8. The van der Waals surface area contributed by atoms with E-state index >= 15 is 0 Å². The van der Waals surface area contributed by atoms with Gasteiger partial charge in [-0.1, -0.05) is 237 Å². The van der Waals surface area contributed by atoms with Crippen LogP contribution < -0.4 is 9.80 Å². The molecule has 0 saturated carbocycles. The lowest BCUT2D eigenvalue weighted by Crippen LogP contribution is -2.24. The van der Waals surface area contributed by atoms with E-state index in [0.717, 1.165) is 25.7 Å². The van der Waals surface area contributed by atoms with Crippen LogP contribution in [0.5, 0.6) is 0 Å². The maximum Gasteiger partial charge on any atom is 0.0626 e. The van der Waals surface area contributed by atoms with E-state index in [1.807, 2.05) is 0 Å². The number of rotatable bonds is 9. The summed E-state index contributed by atoms with van der Waals surface area (Å²) in [4.78, 5) is 5.24. The van der Waals surface area contributed by atoms with Crippen LogP contribution in [0.25, 0.3) is 82.2 Å². The monoisotopic (exact) mass is 946 g/mol. The third-order valence-electron chi connectivity index (χ3n) is 15.9. The zero-order valence-corrected chi connectivity index (χ0v) is 41.3. The van der Waals surface area contributed by atoms with E-state index in [-0.39, 0.29) is 12.1 Å². The molecule has 2 heteroatoms. The Morgan fingerprint density at radius 1 is 0.351 bits per heavy atom. The van der Waals surface area contributed by atoms with Crippen LogP contribution in [0.3, 0.4) is 0 Å². The van der Waals surface area contributed by atoms with Crippen LogP contribution in [0.2, 0.25) is 0 Å². The Morgan fingerprint density at radius 3 is 1.55 bits per heavy atom. The van der Waals surface area contributed by atoms with Gasteiger partial charge in [0.1, 0.15) is 0 Å². The van der Waals surface area contributed by atoms with Crippen molar-refractivity contribution in [2.24, 2.45) is 0 Å². The summed E-state index contributed by atoms with van der Waals surface area (Å²) in [5.41, 5.74) is 17.6. The molecule has 1 aliphatic carbocycles. The fourth-order valence-corrected chi connectivity index (χ4v) is 12.5. The van der Waals surface area contributed by atoms with Crippen molar-refractivity contribution >= 4 is 60.2 Å². The fourth-order valence-electron chi connectivity index (χ4n) is 12.5. The van der Waals surface area contributed by atoms with Crippen molar-refractivity contribution in [3.63, 3.8) is 0 Å². The van der Waals surface area contributed by atoms with Crippen molar-refractivity contribution in [2.75, 3.05) is 9.80 Å². The number of anilines is 2. The van der Waals surface area contributed by atoms with Gasteiger partial charge >= 0.3 is 0 Å². The largest absolute Gasteiger partial charge is 0.334 e. The highest BCUT2D eigenvalue weighted by molar-refractivity contribution is 6.23. The van der Waals surface area contributed by atoms with E-state index in [1.54, 1.807) is 0 Å². The number of fused-ring (bicyclic) bond motifs is 4. The van der Waals surface area contributed by atoms with Crippen LogP contribution in [-0.4, -0.2) is 0 Å². The summed E-state index contributed by atoms with van der Waals surface area (Å²) < 4.78 is 0. The normalized spacial score (nSPS) is 16.6. The van der Waals surface area contributed by atoms with Crippen LogP contribution in [0.1, 0.15) is 54.5 Å². The molecule has 2 heterocycles. The molecular weight excluding hydrogens is 893 g/mol. The SMILES string of the molecule is C1=CCCC(C2=CCC(c3ccccc3)N2c2ccc3c(-c4ccc5ccccc5c4)c4cc(N5C(c6ccccc6)=CCC5c5ccccc5)ccc4c(-c4ccc(-c5cccc6ccccc56)cc4)c3c2)=C1. The first-order valence-electron chi connectivity index (χ1n) is 26.3. The molecule has 11 aromatic rings. The van der Waals surface area contributed by atoms with Gasteiger partial charge in [0.05, 0.1) is 12.1 Å². The van der Waals surface area contributed by atoms with Crippen molar-refractivity contribution in [2.45, 2.75) is 37.8 Å². The van der Waals surface area contributed by atoms with Crippen molar-refractivity contribution in [1.82, 2.24) is 0 Å². The standard InChI is InChI=1S/C72H54N2/c1-5-20-52(21-6-1)67-42-43-68(53-22-7-2-8-23-53)73(67)59-39-41-64-65(47-59)71(56-35-33-51(34-36-56)62-31-17-29-50-19-15-16-30-61(50)62)63-40-38-60(48-66(63)72(64)58-37-32-49-18-13-14-28-57(49)46-58)74-69(54-24-9-3-10-25-54)44-45-70(74)55-26-11-4-12-27-55/h1-7,9-22,24-41,43-44,46-48,67,70H,8,23,42,45H2. The fraction of sp³-hybridized carbons (Fsp3) is 0.0833. The Bertz CT molecular complexity index is 4060. The van der Waals surface area contributed by atoms with Gasteiger partial charge in [0.15, 0.2) is 0 Å². The second-order valence-corrected chi connectivity index (χ2v) is 20.1. The first kappa shape index (κ1) is 43.8. The zero-order chi connectivity index (χ0) is 49.0. The molecular formula is C72H54N2. The number of allylic oxidation sites excluding steroid dienone is 4. The highest BCUT2D eigenvalue weighted by atomic mass is 15.2. The van der Waals surface area contributed by atoms with Gasteiger partial charge in [0.25, 0.3) is 0 Å². The maximum atomic E-state index is 2.64. The Morgan fingerprint density at radius 2 is 0.892 bits per heavy atom. The topological polar surface area (TPSA) is 6.48 Å². The Labute approximate surface area is 433 Å². The molecule has 14 rings (SSSR count). The lowest BCUT2D eigenvalue weighted by Gasteiger charge is -2.33. The average molecular weight is 947 g/mol. The molecule has 352 valence electrons. The minimum absolute atomic E-state index is 0.145. The van der Waals surface area contributed by atoms with Gasteiger partial charge in [-0.25, -0.2) is 0 Å². The summed E-state index contributed by atoms with van der Waals surface area (Å²) in [7, 11) is 0. The van der Waals surface area contributed by atoms with E-state index in [1.165, 1.54) is 122 Å². The molecule has 0 radical (unpaired) electrons. The molecule has 0 saturated heterocycles. The van der Waals surface area contributed by atoms with E-state index in [4.69, 9.17) is 0 Å². The van der Waals surface area contributed by atoms with Gasteiger partial charge in [-0.15, -0.1) is 0 Å². The van der Waals surface area contributed by atoms with Crippen LogP contribution in [0.15, 0.2) is 278 Å². The van der Waals surface area contributed by atoms with E-state index in [9.17, 15) is 0 Å². The van der Waals surface area contributed by atoms with Gasteiger partial charge in [-0.3, -0.25) is 0 Å². The van der Waals surface area contributed by atoms with Crippen molar-refractivity contribution in [1.29, 1.82) is 0 Å². The molecule has 2 aliphatic heterocycles. The summed E-state index contributed by atoms with van der Waals surface area (Å²) >= 11 is 0. The van der Waals surface area contributed by atoms with Gasteiger partial charge in [0, 0.05) is 22.8 Å². The van der Waals surface area contributed by atoms with Crippen LogP contribution in [-0.2, 0) is 0 Å². The Kier molecular flexibility index (Phi) is 11.0. The average Bonchev–Trinajstić information content (AvgIpc) is 4.16. The highest BCUT2D eigenvalue weighted by Gasteiger charge is 2.33. The van der Waals surface area contributed by atoms with Crippen LogP contribution in [0, 0.1) is 0 Å². The van der Waals surface area contributed by atoms with Gasteiger partial charge in [-0.05, 0) is 155 Å². The Balaban J connectivity index is 1.04. The molecule has 2 atom stereocenters. The molecule has 0 N–H and O–H groups in total. The minimum atomic E-state index is 0.145. The molecule has 0 aromatic heterocycles. The predicted molar refractivity (Wildman–Crippen MR) is 314 cm³/mol. The van der Waals surface area contributed by atoms with Gasteiger partial charge in [-0.2, -0.15) is 0 Å². The van der Waals surface area contributed by atoms with Crippen LogP contribution >= 0.6 is 0 Å². The number of hydrogen-bond donors (Lipinski definition) is 0. The molecule has 11 aromatic carbocycles. The van der Waals surface area contributed by atoms with Gasteiger partial charge < -0.3 is 9.80 Å². The zero-order valence-electron chi connectivity index (χ0n) is 41.3. The summed E-state index contributed by atoms with van der Waals surface area (Å²) in [5, 5.41) is 9.94. The number of benzene rings is 11. The smallest absolute Gasteiger partial charge is 0.0626 e. The highest BCUT2D eigenvalue weighted by Crippen LogP contribution is 2.51. The van der Waals surface area contributed by atoms with E-state index in [0.29, 0.717) is 0 Å². The van der Waals surface area contributed by atoms with E-state index < -0.39 is 0 Å². The van der Waals surface area contributed by atoms with Crippen molar-refractivity contribution in [3.8, 4) is 33.4 Å². The summed E-state index contributed by atoms with van der Waals surface area (Å²) in [6, 6.07) is 88.8. The first-order valence-corrected chi connectivity index (χ1v) is 26.3. The quantitative estimate of drug-likeness (QED) is 0.133. The lowest BCUT2D eigenvalue weighted by atomic mass is 9.84. The number of hydrogen-bond acceptors (Lipinski definition) is 2. The second-order valence-electron chi connectivity index (χ2n) is 20.1. The Hall–Kier alpha value is -8.98. The predicted octanol–water partition coefficient (Wildman–Crippen LogP) is 19.4. The lowest BCUT2D eigenvalue weighted by molar-refractivity contribution is 0.729. The van der Waals surface area contributed by atoms with Crippen LogP contribution in [0.4, 0.5) is 11.4 Å². The summed E-state index contributed by atoms with van der Waals surface area (Å²) in [6.45, 7) is 0. The molecule has 3 aliphatic rings. The first-order chi connectivity index (χ1) is 36.7. The van der Waals surface area contributed by atoms with Gasteiger partial charge in [0.2, 0.25) is 0 Å². The molecule has 74 heavy (non-hydrogen) atoms. The third-order valence-corrected chi connectivity index (χ3v) is 15.9. The second kappa shape index (κ2) is 18.6. The molecule has 0 spiro atoms. The van der Waals surface area contributed by atoms with E-state index in [2.05, 4.69) is 277 Å². The van der Waals surface area contributed by atoms with Crippen molar-refractivity contribution in [3.05, 3.63) is 295 Å². The van der Waals surface area contributed by atoms with Crippen molar-refractivity contribution < 1.29 is 0 Å². The minimum Gasteiger partial charge on any atom is -0.334 e. The summed E-state index contributed by atoms with van der Waals surface area (Å²) in [5.74, 6) is 0. The third kappa shape index (κ3) is 7.65. The molecule has 0 bridgehead atoms.